The Balaban J connectivity index is 2.34. The lowest BCUT2D eigenvalue weighted by atomic mass is 10.3. The zero-order chi connectivity index (χ0) is 15.7. The number of benzene rings is 2. The van der Waals surface area contributed by atoms with Crippen molar-refractivity contribution in [3.8, 4) is 5.75 Å². The van der Waals surface area contributed by atoms with Crippen molar-refractivity contribution in [3.63, 3.8) is 0 Å². The highest BCUT2D eigenvalue weighted by atomic mass is 31.2. The van der Waals surface area contributed by atoms with Crippen LogP contribution in [-0.2, 0) is 0 Å². The van der Waals surface area contributed by atoms with Gasteiger partial charge in [0.1, 0.15) is 5.30 Å². The minimum absolute atomic E-state index is 1.02. The number of rotatable bonds is 9. The lowest BCUT2D eigenvalue weighted by molar-refractivity contribution is 0.592. The largest absolute Gasteiger partial charge is 0.345 e. The average Bonchev–Trinajstić information content (AvgIpc) is 2.59. The van der Waals surface area contributed by atoms with E-state index in [1.54, 1.807) is 0 Å². The van der Waals surface area contributed by atoms with E-state index in [0.717, 1.165) is 5.75 Å². The predicted octanol–water partition coefficient (Wildman–Crippen LogP) is 5.92. The summed E-state index contributed by atoms with van der Waals surface area (Å²) in [5.74, 6) is 1.02. The van der Waals surface area contributed by atoms with Gasteiger partial charge in [-0.2, -0.15) is 0 Å². The van der Waals surface area contributed by atoms with Crippen LogP contribution < -0.4 is 9.83 Å². The molecule has 2 rings (SSSR count). The molecule has 22 heavy (non-hydrogen) atoms. The van der Waals surface area contributed by atoms with E-state index in [-0.39, 0.29) is 0 Å². The molecule has 0 saturated carbocycles. The van der Waals surface area contributed by atoms with Crippen LogP contribution >= 0.6 is 7.49 Å². The van der Waals surface area contributed by atoms with E-state index in [2.05, 4.69) is 68.4 Å². The lowest BCUT2D eigenvalue weighted by Gasteiger charge is -2.26. The molecule has 2 aromatic carbocycles. The minimum Gasteiger partial charge on any atom is -0.345 e. The summed E-state index contributed by atoms with van der Waals surface area (Å²) in [5.41, 5.74) is 0. The number of hydrogen-bond donors (Lipinski definition) is 0. The fourth-order valence-electron chi connectivity index (χ4n) is 2.72. The quantitative estimate of drug-likeness (QED) is 0.522. The van der Waals surface area contributed by atoms with E-state index >= 15 is 0 Å². The zero-order valence-corrected chi connectivity index (χ0v) is 14.8. The molecule has 0 amide bonds. The lowest BCUT2D eigenvalue weighted by Crippen LogP contribution is -2.22. The van der Waals surface area contributed by atoms with E-state index in [4.69, 9.17) is 4.52 Å². The molecule has 0 heterocycles. The van der Waals surface area contributed by atoms with E-state index in [9.17, 15) is 0 Å². The molecule has 0 unspecified atom stereocenters. The number of para-hydroxylation sites is 1. The van der Waals surface area contributed by atoms with Crippen molar-refractivity contribution in [1.29, 1.82) is 0 Å². The molecule has 2 heteroatoms. The Morgan fingerprint density at radius 1 is 0.727 bits per heavy atom. The maximum atomic E-state index is 6.70. The van der Waals surface area contributed by atoms with Gasteiger partial charge in [0.2, 0.25) is 7.49 Å². The third-order valence-corrected chi connectivity index (χ3v) is 7.87. The van der Waals surface area contributed by atoms with Crippen molar-refractivity contribution < 1.29 is 4.52 Å². The standard InChI is InChI=1S/C20H28OP/c1-3-5-17-22(18-6-4-2,20-15-11-8-12-16-20)21-19-13-9-7-10-14-19/h7-16H,3-6,17-18H2,1-2H3/q+1. The third-order valence-electron chi connectivity index (χ3n) is 4.00. The van der Waals surface area contributed by atoms with E-state index in [1.165, 1.54) is 43.3 Å². The van der Waals surface area contributed by atoms with E-state index in [0.29, 0.717) is 0 Å². The third kappa shape index (κ3) is 4.58. The van der Waals surface area contributed by atoms with Gasteiger partial charge in [-0.1, -0.05) is 63.1 Å². The van der Waals surface area contributed by atoms with Gasteiger partial charge >= 0.3 is 0 Å². The molecular formula is C20H28OP+. The van der Waals surface area contributed by atoms with Crippen LogP contribution in [0.3, 0.4) is 0 Å². The predicted molar refractivity (Wildman–Crippen MR) is 99.6 cm³/mol. The average molecular weight is 315 g/mol. The second-order valence-corrected chi connectivity index (χ2v) is 9.16. The van der Waals surface area contributed by atoms with Crippen molar-refractivity contribution in [2.75, 3.05) is 12.3 Å². The summed E-state index contributed by atoms with van der Waals surface area (Å²) in [6.45, 7) is 4.53. The Kier molecular flexibility index (Phi) is 6.93. The van der Waals surface area contributed by atoms with Gasteiger partial charge in [0.05, 0.1) is 12.3 Å². The first-order valence-corrected chi connectivity index (χ1v) is 10.6. The van der Waals surface area contributed by atoms with Crippen LogP contribution in [0.1, 0.15) is 39.5 Å². The summed E-state index contributed by atoms with van der Waals surface area (Å²) in [4.78, 5) is 0. The van der Waals surface area contributed by atoms with E-state index < -0.39 is 7.49 Å². The Hall–Kier alpha value is -1.33. The van der Waals surface area contributed by atoms with Crippen molar-refractivity contribution in [2.45, 2.75) is 39.5 Å². The smallest absolute Gasteiger partial charge is 0.223 e. The zero-order valence-electron chi connectivity index (χ0n) is 13.9. The van der Waals surface area contributed by atoms with Gasteiger partial charge in [-0.25, -0.2) is 0 Å². The summed E-state index contributed by atoms with van der Waals surface area (Å²) >= 11 is 0. The Morgan fingerprint density at radius 3 is 1.73 bits per heavy atom. The highest BCUT2D eigenvalue weighted by Crippen LogP contribution is 2.59. The summed E-state index contributed by atoms with van der Waals surface area (Å²) in [5, 5.41) is 1.42. The molecule has 0 bridgehead atoms. The molecule has 0 radical (unpaired) electrons. The molecule has 0 aliphatic rings. The van der Waals surface area contributed by atoms with Gasteiger partial charge in [-0.15, -0.1) is 0 Å². The fraction of sp³-hybridized carbons (Fsp3) is 0.400. The molecule has 0 aliphatic heterocycles. The highest BCUT2D eigenvalue weighted by Gasteiger charge is 2.42. The first-order valence-electron chi connectivity index (χ1n) is 8.48. The SMILES string of the molecule is CCCC[P+](CCCC)(Oc1ccccc1)c1ccccc1. The monoisotopic (exact) mass is 315 g/mol. The van der Waals surface area contributed by atoms with Crippen LogP contribution in [0, 0.1) is 0 Å². The van der Waals surface area contributed by atoms with Crippen molar-refractivity contribution in [3.05, 3.63) is 60.7 Å². The van der Waals surface area contributed by atoms with Gasteiger partial charge in [0.25, 0.3) is 0 Å². The Morgan fingerprint density at radius 2 is 1.23 bits per heavy atom. The topological polar surface area (TPSA) is 9.23 Å². The van der Waals surface area contributed by atoms with Gasteiger partial charge in [-0.05, 0) is 37.1 Å². The van der Waals surface area contributed by atoms with Gasteiger partial charge < -0.3 is 4.52 Å². The summed E-state index contributed by atoms with van der Waals surface area (Å²) in [6, 6.07) is 21.3. The van der Waals surface area contributed by atoms with Crippen molar-refractivity contribution in [2.24, 2.45) is 0 Å². The first kappa shape index (κ1) is 17.0. The number of unbranched alkanes of at least 4 members (excludes halogenated alkanes) is 2. The fourth-order valence-corrected chi connectivity index (χ4v) is 6.65. The van der Waals surface area contributed by atoms with Crippen molar-refractivity contribution >= 4 is 12.8 Å². The molecule has 0 spiro atoms. The van der Waals surface area contributed by atoms with Crippen LogP contribution in [0.25, 0.3) is 0 Å². The minimum atomic E-state index is -1.60. The molecule has 0 saturated heterocycles. The number of hydrogen-bond acceptors (Lipinski definition) is 1. The summed E-state index contributed by atoms with van der Waals surface area (Å²) in [6.07, 6.45) is 7.28. The van der Waals surface area contributed by atoms with Crippen LogP contribution in [0.15, 0.2) is 60.7 Å². The maximum absolute atomic E-state index is 6.70. The second kappa shape index (κ2) is 8.96. The highest BCUT2D eigenvalue weighted by molar-refractivity contribution is 7.78. The summed E-state index contributed by atoms with van der Waals surface area (Å²) < 4.78 is 6.70. The molecule has 118 valence electrons. The molecule has 0 atom stereocenters. The van der Waals surface area contributed by atoms with Gasteiger partial charge in [0, 0.05) is 0 Å². The van der Waals surface area contributed by atoms with Gasteiger partial charge in [-0.3, -0.25) is 0 Å². The molecule has 0 aromatic heterocycles. The normalized spacial score (nSPS) is 11.4. The van der Waals surface area contributed by atoms with E-state index in [1.807, 2.05) is 6.07 Å². The van der Waals surface area contributed by atoms with Crippen LogP contribution in [-0.4, -0.2) is 12.3 Å². The Bertz CT molecular complexity index is 516. The van der Waals surface area contributed by atoms with Gasteiger partial charge in [0.15, 0.2) is 5.75 Å². The Labute approximate surface area is 136 Å². The molecule has 0 fully saturated rings. The second-order valence-electron chi connectivity index (χ2n) is 5.78. The summed E-state index contributed by atoms with van der Waals surface area (Å²) in [7, 11) is -1.60. The van der Waals surface area contributed by atoms with Crippen molar-refractivity contribution in [1.82, 2.24) is 0 Å². The van der Waals surface area contributed by atoms with Crippen LogP contribution in [0.5, 0.6) is 5.75 Å². The van der Waals surface area contributed by atoms with Crippen LogP contribution in [0.2, 0.25) is 0 Å². The van der Waals surface area contributed by atoms with Crippen LogP contribution in [0.4, 0.5) is 0 Å². The first-order chi connectivity index (χ1) is 10.8. The maximum Gasteiger partial charge on any atom is 0.223 e. The molecule has 1 nitrogen and oxygen atoms in total. The molecule has 0 aliphatic carbocycles. The molecule has 2 aromatic rings. The molecular weight excluding hydrogens is 287 g/mol. The molecule has 0 N–H and O–H groups in total.